The van der Waals surface area contributed by atoms with Crippen LogP contribution >= 0.6 is 0 Å². The van der Waals surface area contributed by atoms with Crippen LogP contribution in [0.4, 0.5) is 4.39 Å². The number of ether oxygens (including phenoxy) is 1. The van der Waals surface area contributed by atoms with Gasteiger partial charge in [-0.2, -0.15) is 5.10 Å². The molecule has 0 amide bonds. The molecule has 3 rings (SSSR count). The molecular formula is C26H34FN3O2. The number of aliphatic hydroxyl groups excluding tert-OH is 1. The third-order valence-corrected chi connectivity index (χ3v) is 5.53. The van der Waals surface area contributed by atoms with Crippen molar-refractivity contribution in [3.8, 4) is 17.3 Å². The number of para-hydroxylation sites is 2. The molecule has 0 bridgehead atoms. The standard InChI is InChI=1S/C26H34FN3O2/c1-5-16-29(18-24(31)19(3)4)17-21-23(6-2)28-30(20-12-8-7-9-13-20)26(21)32-25-15-11-10-14-22(25)27/h7-15,19,24,31H,5-6,16-18H2,1-4H3. The van der Waals surface area contributed by atoms with Crippen LogP contribution in [0.1, 0.15) is 45.4 Å². The predicted molar refractivity (Wildman–Crippen MR) is 126 cm³/mol. The summed E-state index contributed by atoms with van der Waals surface area (Å²) in [6, 6.07) is 16.2. The second-order valence-electron chi connectivity index (χ2n) is 8.41. The van der Waals surface area contributed by atoms with E-state index in [1.54, 1.807) is 22.9 Å². The minimum atomic E-state index is -0.424. The van der Waals surface area contributed by atoms with Crippen molar-refractivity contribution in [3.05, 3.63) is 71.7 Å². The monoisotopic (exact) mass is 439 g/mol. The fourth-order valence-electron chi connectivity index (χ4n) is 3.65. The van der Waals surface area contributed by atoms with Crippen molar-refractivity contribution in [2.75, 3.05) is 13.1 Å². The van der Waals surface area contributed by atoms with Gasteiger partial charge in [-0.1, -0.05) is 58.0 Å². The number of aryl methyl sites for hydroxylation is 1. The van der Waals surface area contributed by atoms with Gasteiger partial charge in [0.2, 0.25) is 5.88 Å². The summed E-state index contributed by atoms with van der Waals surface area (Å²) < 4.78 is 22.4. The van der Waals surface area contributed by atoms with Gasteiger partial charge in [0.25, 0.3) is 0 Å². The Hall–Kier alpha value is -2.70. The molecule has 0 aliphatic heterocycles. The van der Waals surface area contributed by atoms with Crippen LogP contribution in [-0.2, 0) is 13.0 Å². The Morgan fingerprint density at radius 2 is 1.75 bits per heavy atom. The minimum absolute atomic E-state index is 0.165. The molecule has 1 aromatic heterocycles. The Bertz CT molecular complexity index is 988. The molecule has 6 heteroatoms. The topological polar surface area (TPSA) is 50.5 Å². The molecule has 5 nitrogen and oxygen atoms in total. The second-order valence-corrected chi connectivity index (χ2v) is 8.41. The number of benzene rings is 2. The quantitative estimate of drug-likeness (QED) is 0.423. The molecule has 0 radical (unpaired) electrons. The van der Waals surface area contributed by atoms with E-state index in [0.717, 1.165) is 36.3 Å². The summed E-state index contributed by atoms with van der Waals surface area (Å²) in [7, 11) is 0. The highest BCUT2D eigenvalue weighted by atomic mass is 19.1. The van der Waals surface area contributed by atoms with Crippen molar-refractivity contribution >= 4 is 0 Å². The highest BCUT2D eigenvalue weighted by Crippen LogP contribution is 2.33. The number of hydrogen-bond donors (Lipinski definition) is 1. The first-order chi connectivity index (χ1) is 15.4. The van der Waals surface area contributed by atoms with E-state index in [-0.39, 0.29) is 11.7 Å². The summed E-state index contributed by atoms with van der Waals surface area (Å²) in [5.74, 6) is 0.426. The summed E-state index contributed by atoms with van der Waals surface area (Å²) in [4.78, 5) is 2.23. The maximum atomic E-state index is 14.5. The zero-order valence-electron chi connectivity index (χ0n) is 19.5. The van der Waals surface area contributed by atoms with Gasteiger partial charge in [0.15, 0.2) is 11.6 Å². The molecule has 0 saturated heterocycles. The van der Waals surface area contributed by atoms with Crippen LogP contribution in [0.3, 0.4) is 0 Å². The van der Waals surface area contributed by atoms with Crippen molar-refractivity contribution in [3.63, 3.8) is 0 Å². The normalized spacial score (nSPS) is 12.5. The van der Waals surface area contributed by atoms with Gasteiger partial charge in [-0.25, -0.2) is 9.07 Å². The van der Waals surface area contributed by atoms with Crippen molar-refractivity contribution < 1.29 is 14.2 Å². The van der Waals surface area contributed by atoms with Crippen LogP contribution in [-0.4, -0.2) is 39.0 Å². The molecule has 1 heterocycles. The summed E-state index contributed by atoms with van der Waals surface area (Å²) in [6.07, 6.45) is 1.25. The van der Waals surface area contributed by atoms with Crippen LogP contribution < -0.4 is 4.74 Å². The van der Waals surface area contributed by atoms with Gasteiger partial charge in [0.05, 0.1) is 23.0 Å². The molecule has 1 unspecified atom stereocenters. The fourth-order valence-corrected chi connectivity index (χ4v) is 3.65. The maximum Gasteiger partial charge on any atom is 0.227 e. The number of hydrogen-bond acceptors (Lipinski definition) is 4. The molecule has 32 heavy (non-hydrogen) atoms. The summed E-state index contributed by atoms with van der Waals surface area (Å²) >= 11 is 0. The Labute approximate surface area is 190 Å². The molecule has 0 fully saturated rings. The molecule has 0 aliphatic rings. The van der Waals surface area contributed by atoms with E-state index in [2.05, 4.69) is 18.7 Å². The maximum absolute atomic E-state index is 14.5. The number of nitrogens with zero attached hydrogens (tertiary/aromatic N) is 3. The summed E-state index contributed by atoms with van der Waals surface area (Å²) in [5, 5.41) is 15.3. The Kier molecular flexibility index (Phi) is 8.42. The van der Waals surface area contributed by atoms with Gasteiger partial charge in [-0.15, -0.1) is 0 Å². The first-order valence-corrected chi connectivity index (χ1v) is 11.4. The van der Waals surface area contributed by atoms with E-state index < -0.39 is 11.9 Å². The van der Waals surface area contributed by atoms with Gasteiger partial charge >= 0.3 is 0 Å². The van der Waals surface area contributed by atoms with Gasteiger partial charge < -0.3 is 9.84 Å². The average molecular weight is 440 g/mol. The predicted octanol–water partition coefficient (Wildman–Crippen LogP) is 5.60. The SMILES string of the molecule is CCCN(Cc1c(CC)nn(-c2ccccc2)c1Oc1ccccc1F)CC(O)C(C)C. The first kappa shape index (κ1) is 24.0. The van der Waals surface area contributed by atoms with Crippen LogP contribution in [0.5, 0.6) is 11.6 Å². The van der Waals surface area contributed by atoms with Crippen molar-refractivity contribution in [2.24, 2.45) is 5.92 Å². The van der Waals surface area contributed by atoms with Crippen molar-refractivity contribution in [1.29, 1.82) is 0 Å². The van der Waals surface area contributed by atoms with Crippen molar-refractivity contribution in [1.82, 2.24) is 14.7 Å². The Morgan fingerprint density at radius 1 is 1.06 bits per heavy atom. The lowest BCUT2D eigenvalue weighted by molar-refractivity contribution is 0.0728. The fraction of sp³-hybridized carbons (Fsp3) is 0.423. The molecular weight excluding hydrogens is 405 g/mol. The third kappa shape index (κ3) is 5.75. The molecule has 1 atom stereocenters. The smallest absolute Gasteiger partial charge is 0.227 e. The first-order valence-electron chi connectivity index (χ1n) is 11.4. The Morgan fingerprint density at radius 3 is 2.38 bits per heavy atom. The van der Waals surface area contributed by atoms with Crippen LogP contribution in [0, 0.1) is 11.7 Å². The number of rotatable bonds is 11. The zero-order valence-corrected chi connectivity index (χ0v) is 19.5. The van der Waals surface area contributed by atoms with Gasteiger partial charge in [-0.3, -0.25) is 4.90 Å². The summed E-state index contributed by atoms with van der Waals surface area (Å²) in [5.41, 5.74) is 2.67. The van der Waals surface area contributed by atoms with E-state index >= 15 is 0 Å². The highest BCUT2D eigenvalue weighted by molar-refractivity contribution is 5.44. The molecule has 172 valence electrons. The third-order valence-electron chi connectivity index (χ3n) is 5.53. The summed E-state index contributed by atoms with van der Waals surface area (Å²) in [6.45, 7) is 10.2. The highest BCUT2D eigenvalue weighted by Gasteiger charge is 2.24. The van der Waals surface area contributed by atoms with E-state index in [0.29, 0.717) is 19.0 Å². The average Bonchev–Trinajstić information content (AvgIpc) is 3.13. The second kappa shape index (κ2) is 11.2. The van der Waals surface area contributed by atoms with Crippen molar-refractivity contribution in [2.45, 2.75) is 53.2 Å². The van der Waals surface area contributed by atoms with E-state index in [9.17, 15) is 9.50 Å². The van der Waals surface area contributed by atoms with Gasteiger partial charge in [0.1, 0.15) is 0 Å². The molecule has 1 N–H and O–H groups in total. The molecule has 2 aromatic carbocycles. The molecule has 0 saturated carbocycles. The number of aliphatic hydroxyl groups is 1. The Balaban J connectivity index is 2.06. The van der Waals surface area contributed by atoms with E-state index in [4.69, 9.17) is 9.84 Å². The molecule has 0 aliphatic carbocycles. The minimum Gasteiger partial charge on any atom is -0.435 e. The zero-order chi connectivity index (χ0) is 23.1. The largest absolute Gasteiger partial charge is 0.435 e. The van der Waals surface area contributed by atoms with Crippen LogP contribution in [0.25, 0.3) is 5.69 Å². The van der Waals surface area contributed by atoms with Crippen LogP contribution in [0.15, 0.2) is 54.6 Å². The van der Waals surface area contributed by atoms with E-state index in [1.807, 2.05) is 44.2 Å². The lowest BCUT2D eigenvalue weighted by Crippen LogP contribution is -2.35. The van der Waals surface area contributed by atoms with Crippen LogP contribution in [0.2, 0.25) is 0 Å². The van der Waals surface area contributed by atoms with Gasteiger partial charge in [-0.05, 0) is 49.6 Å². The number of halogens is 1. The van der Waals surface area contributed by atoms with Gasteiger partial charge in [0, 0.05) is 13.1 Å². The van der Waals surface area contributed by atoms with E-state index in [1.165, 1.54) is 6.07 Å². The molecule has 3 aromatic rings. The lowest BCUT2D eigenvalue weighted by Gasteiger charge is -2.26. The number of aromatic nitrogens is 2. The molecule has 0 spiro atoms. The lowest BCUT2D eigenvalue weighted by atomic mass is 10.1.